The SMILES string of the molecule is COc1cccc(NC(=O)[C@@H]2CC(=O)N(CCc3ccc(F)cc3)C2)c1. The van der Waals surface area contributed by atoms with Crippen molar-refractivity contribution in [1.82, 2.24) is 4.90 Å². The number of benzene rings is 2. The Labute approximate surface area is 151 Å². The quantitative estimate of drug-likeness (QED) is 0.866. The lowest BCUT2D eigenvalue weighted by Crippen LogP contribution is -2.30. The van der Waals surface area contributed by atoms with Crippen LogP contribution in [0.3, 0.4) is 0 Å². The van der Waals surface area contributed by atoms with Crippen molar-refractivity contribution in [3.8, 4) is 5.75 Å². The maximum Gasteiger partial charge on any atom is 0.229 e. The molecule has 0 saturated carbocycles. The van der Waals surface area contributed by atoms with Gasteiger partial charge in [0, 0.05) is 31.3 Å². The molecule has 0 aliphatic carbocycles. The third-order valence-corrected chi connectivity index (χ3v) is 4.51. The molecule has 1 heterocycles. The molecule has 1 fully saturated rings. The average Bonchev–Trinajstić information content (AvgIpc) is 3.02. The second-order valence-electron chi connectivity index (χ2n) is 6.34. The summed E-state index contributed by atoms with van der Waals surface area (Å²) in [5, 5.41) is 2.84. The average molecular weight is 356 g/mol. The number of carbonyl (C=O) groups is 2. The van der Waals surface area contributed by atoms with E-state index in [1.165, 1.54) is 12.1 Å². The van der Waals surface area contributed by atoms with Crippen molar-refractivity contribution >= 4 is 17.5 Å². The molecule has 26 heavy (non-hydrogen) atoms. The molecule has 5 nitrogen and oxygen atoms in total. The Hall–Kier alpha value is -2.89. The van der Waals surface area contributed by atoms with Crippen LogP contribution in [0.5, 0.6) is 5.75 Å². The van der Waals surface area contributed by atoms with Crippen LogP contribution in [0.4, 0.5) is 10.1 Å². The van der Waals surface area contributed by atoms with Gasteiger partial charge in [-0.2, -0.15) is 0 Å². The number of anilines is 1. The van der Waals surface area contributed by atoms with E-state index in [0.29, 0.717) is 30.9 Å². The maximum absolute atomic E-state index is 12.9. The fourth-order valence-corrected chi connectivity index (χ4v) is 3.02. The molecule has 1 N–H and O–H groups in total. The second-order valence-corrected chi connectivity index (χ2v) is 6.34. The number of halogens is 1. The molecule has 0 bridgehead atoms. The van der Waals surface area contributed by atoms with Gasteiger partial charge in [-0.3, -0.25) is 9.59 Å². The third kappa shape index (κ3) is 4.39. The molecule has 3 rings (SSSR count). The summed E-state index contributed by atoms with van der Waals surface area (Å²) in [7, 11) is 1.57. The topological polar surface area (TPSA) is 58.6 Å². The number of nitrogens with zero attached hydrogens (tertiary/aromatic N) is 1. The fourth-order valence-electron chi connectivity index (χ4n) is 3.02. The highest BCUT2D eigenvalue weighted by atomic mass is 19.1. The zero-order chi connectivity index (χ0) is 18.5. The molecule has 1 aliphatic rings. The van der Waals surface area contributed by atoms with Crippen LogP contribution in [0.15, 0.2) is 48.5 Å². The molecular formula is C20H21FN2O3. The lowest BCUT2D eigenvalue weighted by atomic mass is 10.1. The van der Waals surface area contributed by atoms with Gasteiger partial charge in [0.2, 0.25) is 11.8 Å². The van der Waals surface area contributed by atoms with E-state index in [2.05, 4.69) is 5.32 Å². The van der Waals surface area contributed by atoms with Gasteiger partial charge in [-0.25, -0.2) is 4.39 Å². The van der Waals surface area contributed by atoms with Crippen LogP contribution < -0.4 is 10.1 Å². The normalized spacial score (nSPS) is 16.6. The number of carbonyl (C=O) groups excluding carboxylic acids is 2. The van der Waals surface area contributed by atoms with Crippen LogP contribution in [0, 0.1) is 11.7 Å². The number of hydrogen-bond donors (Lipinski definition) is 1. The molecule has 1 atom stereocenters. The van der Waals surface area contributed by atoms with Gasteiger partial charge >= 0.3 is 0 Å². The van der Waals surface area contributed by atoms with E-state index < -0.39 is 0 Å². The van der Waals surface area contributed by atoms with Crippen LogP contribution in [-0.4, -0.2) is 36.9 Å². The van der Waals surface area contributed by atoms with E-state index in [9.17, 15) is 14.0 Å². The third-order valence-electron chi connectivity index (χ3n) is 4.51. The molecular weight excluding hydrogens is 335 g/mol. The highest BCUT2D eigenvalue weighted by molar-refractivity contribution is 5.97. The summed E-state index contributed by atoms with van der Waals surface area (Å²) in [6.45, 7) is 0.920. The van der Waals surface area contributed by atoms with Crippen molar-refractivity contribution in [2.75, 3.05) is 25.5 Å². The highest BCUT2D eigenvalue weighted by Gasteiger charge is 2.34. The second kappa shape index (κ2) is 7.99. The molecule has 2 aromatic carbocycles. The van der Waals surface area contributed by atoms with E-state index in [4.69, 9.17) is 4.74 Å². The Morgan fingerprint density at radius 3 is 2.77 bits per heavy atom. The van der Waals surface area contributed by atoms with Crippen LogP contribution in [0.25, 0.3) is 0 Å². The zero-order valence-electron chi connectivity index (χ0n) is 14.6. The summed E-state index contributed by atoms with van der Waals surface area (Å²) in [5.74, 6) is -0.192. The molecule has 0 radical (unpaired) electrons. The minimum atomic E-state index is -0.373. The Morgan fingerprint density at radius 1 is 1.27 bits per heavy atom. The summed E-state index contributed by atoms with van der Waals surface area (Å²) in [6.07, 6.45) is 0.843. The maximum atomic E-state index is 12.9. The van der Waals surface area contributed by atoms with E-state index in [-0.39, 0.29) is 30.0 Å². The monoisotopic (exact) mass is 356 g/mol. The van der Waals surface area contributed by atoms with Crippen molar-refractivity contribution in [2.45, 2.75) is 12.8 Å². The molecule has 0 unspecified atom stereocenters. The molecule has 0 aromatic heterocycles. The minimum absolute atomic E-state index is 0.0297. The number of amides is 2. The highest BCUT2D eigenvalue weighted by Crippen LogP contribution is 2.22. The predicted molar refractivity (Wildman–Crippen MR) is 96.4 cm³/mol. The van der Waals surface area contributed by atoms with Crippen LogP contribution in [0.1, 0.15) is 12.0 Å². The number of nitrogens with one attached hydrogen (secondary N) is 1. The Kier molecular flexibility index (Phi) is 5.51. The molecule has 1 aliphatic heterocycles. The summed E-state index contributed by atoms with van der Waals surface area (Å²) in [6, 6.07) is 13.3. The van der Waals surface area contributed by atoms with Gasteiger partial charge in [-0.05, 0) is 36.2 Å². The number of likely N-dealkylation sites (tertiary alicyclic amines) is 1. The summed E-state index contributed by atoms with van der Waals surface area (Å²) in [5.41, 5.74) is 1.61. The minimum Gasteiger partial charge on any atom is -0.497 e. The molecule has 0 spiro atoms. The lowest BCUT2D eigenvalue weighted by Gasteiger charge is -2.16. The van der Waals surface area contributed by atoms with Gasteiger partial charge in [-0.15, -0.1) is 0 Å². The van der Waals surface area contributed by atoms with Gasteiger partial charge in [0.25, 0.3) is 0 Å². The standard InChI is InChI=1S/C20H21FN2O3/c1-26-18-4-2-3-17(12-18)22-20(25)15-11-19(24)23(13-15)10-9-14-5-7-16(21)8-6-14/h2-8,12,15H,9-11,13H2,1H3,(H,22,25)/t15-/m1/s1. The largest absolute Gasteiger partial charge is 0.497 e. The van der Waals surface area contributed by atoms with Crippen LogP contribution in [-0.2, 0) is 16.0 Å². The van der Waals surface area contributed by atoms with Crippen molar-refractivity contribution in [2.24, 2.45) is 5.92 Å². The van der Waals surface area contributed by atoms with Crippen molar-refractivity contribution in [3.05, 3.63) is 59.9 Å². The summed E-state index contributed by atoms with van der Waals surface area (Å²) >= 11 is 0. The molecule has 1 saturated heterocycles. The first kappa shape index (κ1) is 17.9. The van der Waals surface area contributed by atoms with E-state index in [1.54, 1.807) is 48.4 Å². The van der Waals surface area contributed by atoms with Gasteiger partial charge in [0.1, 0.15) is 11.6 Å². The summed E-state index contributed by atoms with van der Waals surface area (Å²) in [4.78, 5) is 26.3. The van der Waals surface area contributed by atoms with E-state index in [1.807, 2.05) is 0 Å². The molecule has 2 aromatic rings. The first-order valence-corrected chi connectivity index (χ1v) is 8.52. The first-order chi connectivity index (χ1) is 12.5. The van der Waals surface area contributed by atoms with Gasteiger partial charge in [0.05, 0.1) is 13.0 Å². The van der Waals surface area contributed by atoms with Gasteiger partial charge in [-0.1, -0.05) is 18.2 Å². The van der Waals surface area contributed by atoms with Crippen LogP contribution in [0.2, 0.25) is 0 Å². The lowest BCUT2D eigenvalue weighted by molar-refractivity contribution is -0.128. The number of hydrogen-bond acceptors (Lipinski definition) is 3. The van der Waals surface area contributed by atoms with Gasteiger partial charge in [0.15, 0.2) is 0 Å². The number of ether oxygens (including phenoxy) is 1. The number of rotatable bonds is 6. The zero-order valence-corrected chi connectivity index (χ0v) is 14.6. The Morgan fingerprint density at radius 2 is 2.04 bits per heavy atom. The van der Waals surface area contributed by atoms with Crippen molar-refractivity contribution in [1.29, 1.82) is 0 Å². The van der Waals surface area contributed by atoms with E-state index >= 15 is 0 Å². The van der Waals surface area contributed by atoms with E-state index in [0.717, 1.165) is 5.56 Å². The van der Waals surface area contributed by atoms with Gasteiger partial charge < -0.3 is 15.0 Å². The smallest absolute Gasteiger partial charge is 0.229 e. The van der Waals surface area contributed by atoms with Crippen molar-refractivity contribution in [3.63, 3.8) is 0 Å². The predicted octanol–water partition coefficient (Wildman–Crippen LogP) is 2.86. The Bertz CT molecular complexity index is 792. The molecule has 136 valence electrons. The molecule has 6 heteroatoms. The Balaban J connectivity index is 1.54. The fraction of sp³-hybridized carbons (Fsp3) is 0.300. The molecule has 2 amide bonds. The first-order valence-electron chi connectivity index (χ1n) is 8.52. The van der Waals surface area contributed by atoms with Crippen molar-refractivity contribution < 1.29 is 18.7 Å². The van der Waals surface area contributed by atoms with Crippen LogP contribution >= 0.6 is 0 Å². The summed E-state index contributed by atoms with van der Waals surface area (Å²) < 4.78 is 18.1. The number of methoxy groups -OCH3 is 1.